The fourth-order valence-electron chi connectivity index (χ4n) is 0.285. The standard InChI is InChI=1S/C3H4N4/c4-7-3-1-5-6-2-3/h1-2H,4H2. The second kappa shape index (κ2) is 1.51. The minimum atomic E-state index is 0.611. The second-order valence-electron chi connectivity index (χ2n) is 1.04. The zero-order valence-electron chi connectivity index (χ0n) is 3.57. The highest BCUT2D eigenvalue weighted by Gasteiger charge is 1.91. The Morgan fingerprint density at radius 2 is 2.00 bits per heavy atom. The van der Waals surface area contributed by atoms with Crippen molar-refractivity contribution in [2.75, 3.05) is 0 Å². The molecule has 1 heterocycles. The van der Waals surface area contributed by atoms with Gasteiger partial charge in [-0.05, 0) is 0 Å². The summed E-state index contributed by atoms with van der Waals surface area (Å²) in [5, 5.41) is 10.2. The van der Waals surface area contributed by atoms with Gasteiger partial charge in [-0.1, -0.05) is 0 Å². The summed E-state index contributed by atoms with van der Waals surface area (Å²) in [6.07, 6.45) is 2.97. The third-order valence-electron chi connectivity index (χ3n) is 0.596. The lowest BCUT2D eigenvalue weighted by molar-refractivity contribution is 1.27. The molecule has 0 radical (unpaired) electrons. The van der Waals surface area contributed by atoms with Gasteiger partial charge in [0.2, 0.25) is 0 Å². The Morgan fingerprint density at radius 1 is 1.43 bits per heavy atom. The first-order valence-electron chi connectivity index (χ1n) is 1.78. The fourth-order valence-corrected chi connectivity index (χ4v) is 0.285. The molecule has 0 atom stereocenters. The van der Waals surface area contributed by atoms with Gasteiger partial charge in [-0.25, -0.2) is 0 Å². The molecule has 1 aliphatic heterocycles. The third-order valence-corrected chi connectivity index (χ3v) is 0.596. The van der Waals surface area contributed by atoms with Crippen molar-refractivity contribution in [2.24, 2.45) is 21.1 Å². The summed E-state index contributed by atoms with van der Waals surface area (Å²) < 4.78 is 0. The predicted octanol–water partition coefficient (Wildman–Crippen LogP) is -0.629. The van der Waals surface area contributed by atoms with Crippen LogP contribution in [0.3, 0.4) is 0 Å². The van der Waals surface area contributed by atoms with Gasteiger partial charge in [0.05, 0.1) is 12.4 Å². The van der Waals surface area contributed by atoms with E-state index in [1.165, 1.54) is 12.4 Å². The Morgan fingerprint density at radius 3 is 2.29 bits per heavy atom. The highest BCUT2D eigenvalue weighted by atomic mass is 15.2. The van der Waals surface area contributed by atoms with E-state index in [1.807, 2.05) is 0 Å². The van der Waals surface area contributed by atoms with Crippen LogP contribution in [0.5, 0.6) is 0 Å². The first-order chi connectivity index (χ1) is 3.43. The maximum absolute atomic E-state index is 4.84. The summed E-state index contributed by atoms with van der Waals surface area (Å²) in [5.74, 6) is 4.84. The largest absolute Gasteiger partial charge is 0.323 e. The van der Waals surface area contributed by atoms with E-state index in [9.17, 15) is 0 Å². The van der Waals surface area contributed by atoms with Crippen molar-refractivity contribution in [3.05, 3.63) is 0 Å². The smallest absolute Gasteiger partial charge is 0.123 e. The maximum atomic E-state index is 4.84. The molecule has 0 aromatic rings. The van der Waals surface area contributed by atoms with Crippen molar-refractivity contribution < 1.29 is 0 Å². The quantitative estimate of drug-likeness (QED) is 0.317. The van der Waals surface area contributed by atoms with Gasteiger partial charge in [-0.2, -0.15) is 15.3 Å². The van der Waals surface area contributed by atoms with Crippen LogP contribution >= 0.6 is 0 Å². The first kappa shape index (κ1) is 3.98. The summed E-state index contributed by atoms with van der Waals surface area (Å²) in [6.45, 7) is 0. The lowest BCUT2D eigenvalue weighted by atomic mass is 10.5. The molecule has 0 fully saturated rings. The Kier molecular flexibility index (Phi) is 0.856. The Bertz CT molecular complexity index is 129. The third kappa shape index (κ3) is 0.623. The van der Waals surface area contributed by atoms with Crippen molar-refractivity contribution in [2.45, 2.75) is 0 Å². The van der Waals surface area contributed by atoms with Gasteiger partial charge in [0, 0.05) is 0 Å². The lowest BCUT2D eigenvalue weighted by Gasteiger charge is -1.72. The van der Waals surface area contributed by atoms with Crippen molar-refractivity contribution in [3.63, 3.8) is 0 Å². The zero-order valence-corrected chi connectivity index (χ0v) is 3.57. The Hall–Kier alpha value is -1.19. The normalized spacial score (nSPS) is 15.7. The average Bonchev–Trinajstić information content (AvgIpc) is 2.14. The molecule has 4 nitrogen and oxygen atoms in total. The average molecular weight is 96.1 g/mol. The molecule has 0 spiro atoms. The molecule has 4 heteroatoms. The molecule has 0 unspecified atom stereocenters. The monoisotopic (exact) mass is 96.0 g/mol. The van der Waals surface area contributed by atoms with Crippen LogP contribution in [0.25, 0.3) is 0 Å². The van der Waals surface area contributed by atoms with E-state index < -0.39 is 0 Å². The van der Waals surface area contributed by atoms with Crippen LogP contribution in [0.2, 0.25) is 0 Å². The van der Waals surface area contributed by atoms with Crippen LogP contribution < -0.4 is 5.84 Å². The summed E-state index contributed by atoms with van der Waals surface area (Å²) >= 11 is 0. The van der Waals surface area contributed by atoms with E-state index in [1.54, 1.807) is 0 Å². The molecule has 2 N–H and O–H groups in total. The van der Waals surface area contributed by atoms with Gasteiger partial charge in [-0.15, -0.1) is 0 Å². The summed E-state index contributed by atoms with van der Waals surface area (Å²) in [7, 11) is 0. The van der Waals surface area contributed by atoms with E-state index >= 15 is 0 Å². The van der Waals surface area contributed by atoms with Crippen LogP contribution in [0, 0.1) is 0 Å². The topological polar surface area (TPSA) is 63.1 Å². The Balaban J connectivity index is 2.79. The molecule has 0 aromatic heterocycles. The van der Waals surface area contributed by atoms with Crippen molar-refractivity contribution >= 4 is 18.1 Å². The number of hydrogen-bond acceptors (Lipinski definition) is 4. The van der Waals surface area contributed by atoms with Crippen LogP contribution in [0.1, 0.15) is 0 Å². The molecular weight excluding hydrogens is 92.1 g/mol. The molecule has 0 aliphatic carbocycles. The molecule has 0 bridgehead atoms. The predicted molar refractivity (Wildman–Crippen MR) is 28.6 cm³/mol. The van der Waals surface area contributed by atoms with Gasteiger partial charge in [-0.3, -0.25) is 0 Å². The van der Waals surface area contributed by atoms with Crippen molar-refractivity contribution in [3.8, 4) is 0 Å². The number of hydrazone groups is 1. The van der Waals surface area contributed by atoms with E-state index in [-0.39, 0.29) is 0 Å². The van der Waals surface area contributed by atoms with Crippen LogP contribution in [-0.2, 0) is 0 Å². The molecule has 0 aromatic carbocycles. The minimum absolute atomic E-state index is 0.611. The van der Waals surface area contributed by atoms with Gasteiger partial charge < -0.3 is 5.84 Å². The number of nitrogens with two attached hydrogens (primary N) is 1. The number of hydrogen-bond donors (Lipinski definition) is 1. The van der Waals surface area contributed by atoms with Gasteiger partial charge >= 0.3 is 0 Å². The molecule has 0 amide bonds. The summed E-state index contributed by atoms with van der Waals surface area (Å²) in [4.78, 5) is 0. The first-order valence-corrected chi connectivity index (χ1v) is 1.78. The highest BCUT2D eigenvalue weighted by Crippen LogP contribution is 1.78. The SMILES string of the molecule is NN=C1C=NN=C1. The van der Waals surface area contributed by atoms with E-state index in [0.717, 1.165) is 0 Å². The number of nitrogens with zero attached hydrogens (tertiary/aromatic N) is 3. The van der Waals surface area contributed by atoms with Gasteiger partial charge in [0.15, 0.2) is 0 Å². The molecule has 0 saturated heterocycles. The van der Waals surface area contributed by atoms with E-state index in [0.29, 0.717) is 5.71 Å². The maximum Gasteiger partial charge on any atom is 0.123 e. The van der Waals surface area contributed by atoms with Crippen LogP contribution in [0.15, 0.2) is 15.3 Å². The molecule has 1 aliphatic rings. The van der Waals surface area contributed by atoms with Gasteiger partial charge in [0.25, 0.3) is 0 Å². The molecular formula is C3H4N4. The fraction of sp³-hybridized carbons (Fsp3) is 0. The lowest BCUT2D eigenvalue weighted by Crippen LogP contribution is -1.99. The van der Waals surface area contributed by atoms with Crippen molar-refractivity contribution in [1.82, 2.24) is 0 Å². The molecule has 1 rings (SSSR count). The van der Waals surface area contributed by atoms with Gasteiger partial charge in [0.1, 0.15) is 5.71 Å². The summed E-state index contributed by atoms with van der Waals surface area (Å²) in [5.41, 5.74) is 0.611. The second-order valence-corrected chi connectivity index (χ2v) is 1.04. The molecule has 0 saturated carbocycles. The van der Waals surface area contributed by atoms with E-state index in [2.05, 4.69) is 15.3 Å². The molecule has 7 heavy (non-hydrogen) atoms. The summed E-state index contributed by atoms with van der Waals surface area (Å²) in [6, 6.07) is 0. The molecule has 36 valence electrons. The zero-order chi connectivity index (χ0) is 5.11. The van der Waals surface area contributed by atoms with E-state index in [4.69, 9.17) is 5.84 Å². The number of rotatable bonds is 0. The highest BCUT2D eigenvalue weighted by molar-refractivity contribution is 6.57. The van der Waals surface area contributed by atoms with Crippen LogP contribution in [-0.4, -0.2) is 18.1 Å². The van der Waals surface area contributed by atoms with Crippen molar-refractivity contribution in [1.29, 1.82) is 0 Å². The minimum Gasteiger partial charge on any atom is -0.323 e. The van der Waals surface area contributed by atoms with Crippen LogP contribution in [0.4, 0.5) is 0 Å². The Labute approximate surface area is 40.4 Å².